The number of pyridine rings is 1. The highest BCUT2D eigenvalue weighted by atomic mass is 19.1. The lowest BCUT2D eigenvalue weighted by Crippen LogP contribution is -1.86. The van der Waals surface area contributed by atoms with Crippen molar-refractivity contribution >= 4 is 0 Å². The standard InChI is InChI=1S/C12H10FNO/c1-8-4-11(15)2-3-12(8)9-5-10(13)7-14-6-9/h2-7,15H,1H3. The Morgan fingerprint density at radius 1 is 1.20 bits per heavy atom. The van der Waals surface area contributed by atoms with Crippen molar-refractivity contribution in [3.05, 3.63) is 48.0 Å². The highest BCUT2D eigenvalue weighted by Crippen LogP contribution is 2.25. The molecule has 0 atom stereocenters. The molecular formula is C12H10FNO. The van der Waals surface area contributed by atoms with Crippen LogP contribution in [0.1, 0.15) is 5.56 Å². The van der Waals surface area contributed by atoms with Crippen LogP contribution in [-0.4, -0.2) is 10.1 Å². The van der Waals surface area contributed by atoms with Gasteiger partial charge in [-0.15, -0.1) is 0 Å². The molecule has 2 nitrogen and oxygen atoms in total. The summed E-state index contributed by atoms with van der Waals surface area (Å²) in [6.45, 7) is 1.86. The molecule has 2 rings (SSSR count). The first-order valence-corrected chi connectivity index (χ1v) is 4.57. The monoisotopic (exact) mass is 203 g/mol. The normalized spacial score (nSPS) is 10.3. The second-order valence-electron chi connectivity index (χ2n) is 3.39. The molecule has 0 radical (unpaired) electrons. The number of aromatic nitrogens is 1. The largest absolute Gasteiger partial charge is 0.508 e. The van der Waals surface area contributed by atoms with E-state index in [4.69, 9.17) is 0 Å². The quantitative estimate of drug-likeness (QED) is 0.773. The third-order valence-corrected chi connectivity index (χ3v) is 2.23. The van der Waals surface area contributed by atoms with Crippen LogP contribution in [0.4, 0.5) is 4.39 Å². The van der Waals surface area contributed by atoms with Crippen LogP contribution in [0.15, 0.2) is 36.7 Å². The van der Waals surface area contributed by atoms with Crippen molar-refractivity contribution in [2.24, 2.45) is 0 Å². The number of hydrogen-bond acceptors (Lipinski definition) is 2. The number of hydrogen-bond donors (Lipinski definition) is 1. The summed E-state index contributed by atoms with van der Waals surface area (Å²) in [5.41, 5.74) is 2.48. The Balaban J connectivity index is 2.54. The molecule has 0 saturated carbocycles. The van der Waals surface area contributed by atoms with Gasteiger partial charge >= 0.3 is 0 Å². The van der Waals surface area contributed by atoms with E-state index in [0.717, 1.165) is 11.1 Å². The summed E-state index contributed by atoms with van der Waals surface area (Å²) in [7, 11) is 0. The molecule has 0 fully saturated rings. The van der Waals surface area contributed by atoms with Gasteiger partial charge in [-0.25, -0.2) is 4.39 Å². The van der Waals surface area contributed by atoms with Crippen LogP contribution < -0.4 is 0 Å². The van der Waals surface area contributed by atoms with Crippen LogP contribution >= 0.6 is 0 Å². The van der Waals surface area contributed by atoms with E-state index in [2.05, 4.69) is 4.98 Å². The zero-order valence-electron chi connectivity index (χ0n) is 8.24. The zero-order valence-corrected chi connectivity index (χ0v) is 8.24. The van der Waals surface area contributed by atoms with Gasteiger partial charge in [-0.1, -0.05) is 6.07 Å². The van der Waals surface area contributed by atoms with Gasteiger partial charge in [0.1, 0.15) is 11.6 Å². The summed E-state index contributed by atoms with van der Waals surface area (Å²) in [6.07, 6.45) is 2.77. The van der Waals surface area contributed by atoms with Crippen molar-refractivity contribution in [1.82, 2.24) is 4.98 Å². The first-order valence-electron chi connectivity index (χ1n) is 4.57. The second kappa shape index (κ2) is 3.69. The molecule has 0 amide bonds. The van der Waals surface area contributed by atoms with Gasteiger partial charge in [0.15, 0.2) is 0 Å². The van der Waals surface area contributed by atoms with E-state index in [-0.39, 0.29) is 11.6 Å². The number of nitrogens with zero attached hydrogens (tertiary/aromatic N) is 1. The fourth-order valence-electron chi connectivity index (χ4n) is 1.53. The fraction of sp³-hybridized carbons (Fsp3) is 0.0833. The lowest BCUT2D eigenvalue weighted by Gasteiger charge is -2.05. The maximum absolute atomic E-state index is 13.0. The minimum absolute atomic E-state index is 0.209. The minimum Gasteiger partial charge on any atom is -0.508 e. The highest BCUT2D eigenvalue weighted by molar-refractivity contribution is 5.67. The number of phenols is 1. The van der Waals surface area contributed by atoms with Crippen LogP contribution in [-0.2, 0) is 0 Å². The van der Waals surface area contributed by atoms with Gasteiger partial charge in [-0.05, 0) is 36.2 Å². The van der Waals surface area contributed by atoms with E-state index in [1.807, 2.05) is 6.92 Å². The number of benzene rings is 1. The molecule has 1 N–H and O–H groups in total. The molecular weight excluding hydrogens is 193 g/mol. The van der Waals surface area contributed by atoms with Crippen LogP contribution in [0, 0.1) is 12.7 Å². The maximum atomic E-state index is 13.0. The van der Waals surface area contributed by atoms with Crippen molar-refractivity contribution in [3.63, 3.8) is 0 Å². The molecule has 3 heteroatoms. The zero-order chi connectivity index (χ0) is 10.8. The van der Waals surface area contributed by atoms with E-state index in [9.17, 15) is 9.50 Å². The molecule has 1 aromatic carbocycles. The van der Waals surface area contributed by atoms with E-state index in [1.54, 1.807) is 24.4 Å². The van der Waals surface area contributed by atoms with Crippen molar-refractivity contribution < 1.29 is 9.50 Å². The molecule has 76 valence electrons. The van der Waals surface area contributed by atoms with E-state index in [1.165, 1.54) is 12.3 Å². The number of aryl methyl sites for hydroxylation is 1. The summed E-state index contributed by atoms with van der Waals surface area (Å²) in [6, 6.07) is 6.39. The van der Waals surface area contributed by atoms with Crippen molar-refractivity contribution in [2.75, 3.05) is 0 Å². The number of rotatable bonds is 1. The van der Waals surface area contributed by atoms with Gasteiger partial charge in [-0.2, -0.15) is 0 Å². The minimum atomic E-state index is -0.361. The topological polar surface area (TPSA) is 33.1 Å². The molecule has 1 heterocycles. The SMILES string of the molecule is Cc1cc(O)ccc1-c1cncc(F)c1. The molecule has 2 aromatic rings. The van der Waals surface area contributed by atoms with Crippen molar-refractivity contribution in [1.29, 1.82) is 0 Å². The molecule has 0 bridgehead atoms. The third-order valence-electron chi connectivity index (χ3n) is 2.23. The molecule has 0 unspecified atom stereocenters. The van der Waals surface area contributed by atoms with E-state index in [0.29, 0.717) is 5.56 Å². The van der Waals surface area contributed by atoms with Gasteiger partial charge < -0.3 is 5.11 Å². The Kier molecular flexibility index (Phi) is 2.37. The average molecular weight is 203 g/mol. The number of aromatic hydroxyl groups is 1. The Hall–Kier alpha value is -1.90. The maximum Gasteiger partial charge on any atom is 0.142 e. The van der Waals surface area contributed by atoms with Gasteiger partial charge in [0.05, 0.1) is 6.20 Å². The fourth-order valence-corrected chi connectivity index (χ4v) is 1.53. The summed E-state index contributed by atoms with van der Waals surface area (Å²) >= 11 is 0. The Labute approximate surface area is 87.0 Å². The van der Waals surface area contributed by atoms with E-state index >= 15 is 0 Å². The molecule has 1 aromatic heterocycles. The van der Waals surface area contributed by atoms with Gasteiger partial charge in [0.2, 0.25) is 0 Å². The molecule has 0 aliphatic rings. The molecule has 0 aliphatic carbocycles. The first-order chi connectivity index (χ1) is 7.16. The van der Waals surface area contributed by atoms with Gasteiger partial charge in [0, 0.05) is 11.8 Å². The average Bonchev–Trinajstić information content (AvgIpc) is 2.17. The Bertz CT molecular complexity index is 497. The number of phenolic OH excluding ortho intramolecular Hbond substituents is 1. The van der Waals surface area contributed by atoms with Crippen molar-refractivity contribution in [3.8, 4) is 16.9 Å². The lowest BCUT2D eigenvalue weighted by atomic mass is 10.0. The summed E-state index contributed by atoms with van der Waals surface area (Å²) in [5, 5.41) is 9.25. The van der Waals surface area contributed by atoms with Crippen LogP contribution in [0.3, 0.4) is 0 Å². The molecule has 15 heavy (non-hydrogen) atoms. The summed E-state index contributed by atoms with van der Waals surface area (Å²) in [4.78, 5) is 3.79. The number of halogens is 1. The lowest BCUT2D eigenvalue weighted by molar-refractivity contribution is 0.475. The smallest absolute Gasteiger partial charge is 0.142 e. The van der Waals surface area contributed by atoms with Crippen LogP contribution in [0.25, 0.3) is 11.1 Å². The second-order valence-corrected chi connectivity index (χ2v) is 3.39. The van der Waals surface area contributed by atoms with E-state index < -0.39 is 0 Å². The van der Waals surface area contributed by atoms with Gasteiger partial charge in [0.25, 0.3) is 0 Å². The Morgan fingerprint density at radius 2 is 2.00 bits per heavy atom. The molecule has 0 aliphatic heterocycles. The van der Waals surface area contributed by atoms with Crippen LogP contribution in [0.5, 0.6) is 5.75 Å². The molecule has 0 spiro atoms. The van der Waals surface area contributed by atoms with Gasteiger partial charge in [-0.3, -0.25) is 4.98 Å². The summed E-state index contributed by atoms with van der Waals surface area (Å²) in [5.74, 6) is -0.152. The third kappa shape index (κ3) is 1.96. The Morgan fingerprint density at radius 3 is 2.67 bits per heavy atom. The molecule has 0 saturated heterocycles. The first kappa shape index (κ1) is 9.65. The van der Waals surface area contributed by atoms with Crippen LogP contribution in [0.2, 0.25) is 0 Å². The van der Waals surface area contributed by atoms with Crippen molar-refractivity contribution in [2.45, 2.75) is 6.92 Å². The highest BCUT2D eigenvalue weighted by Gasteiger charge is 2.03. The summed E-state index contributed by atoms with van der Waals surface area (Å²) < 4.78 is 13.0. The predicted octanol–water partition coefficient (Wildman–Crippen LogP) is 2.90. The predicted molar refractivity (Wildman–Crippen MR) is 56.0 cm³/mol.